The van der Waals surface area contributed by atoms with Crippen LogP contribution in [-0.4, -0.2) is 60.5 Å². The fraction of sp³-hybridized carbons (Fsp3) is 0.389. The van der Waals surface area contributed by atoms with Gasteiger partial charge in [0, 0.05) is 18.8 Å². The topological polar surface area (TPSA) is 132 Å². The molecule has 0 aliphatic carbocycles. The van der Waals surface area contributed by atoms with Gasteiger partial charge in [-0.3, -0.25) is 4.72 Å². The van der Waals surface area contributed by atoms with Crippen molar-refractivity contribution in [3.8, 4) is 0 Å². The number of hydrogen-bond donors (Lipinski definition) is 1. The lowest BCUT2D eigenvalue weighted by molar-refractivity contribution is 0.0595. The minimum Gasteiger partial charge on any atom is -0.465 e. The molecule has 0 unspecified atom stereocenters. The van der Waals surface area contributed by atoms with Crippen LogP contribution in [0.5, 0.6) is 0 Å². The van der Waals surface area contributed by atoms with E-state index in [0.29, 0.717) is 13.2 Å². The van der Waals surface area contributed by atoms with Gasteiger partial charge < -0.3 is 13.9 Å². The normalized spacial score (nSPS) is 15.7. The second-order valence-electron chi connectivity index (χ2n) is 6.56. The minimum absolute atomic E-state index is 0.0342. The Morgan fingerprint density at radius 1 is 1.03 bits per heavy atom. The molecule has 1 aliphatic heterocycles. The molecule has 1 fully saturated rings. The molecule has 12 heteroatoms. The highest BCUT2D eigenvalue weighted by atomic mass is 32.2. The smallest absolute Gasteiger partial charge is 0.342 e. The van der Waals surface area contributed by atoms with Crippen molar-refractivity contribution in [2.24, 2.45) is 0 Å². The molecule has 0 amide bonds. The summed E-state index contributed by atoms with van der Waals surface area (Å²) in [4.78, 5) is 11.7. The molecule has 2 heterocycles. The quantitative estimate of drug-likeness (QED) is 0.644. The molecule has 2 aromatic rings. The van der Waals surface area contributed by atoms with Crippen LogP contribution in [0.4, 0.5) is 5.69 Å². The standard InChI is InChI=1S/C18H22N2O8S2/c1-12-16(18(21)26-3)17(13(2)28-12)29(22,23)19-14-4-6-15(7-5-14)30(24,25)20-8-10-27-11-9-20/h4-7,19H,8-11H2,1-3H3. The summed E-state index contributed by atoms with van der Waals surface area (Å²) in [5.74, 6) is -0.685. The van der Waals surface area contributed by atoms with E-state index in [4.69, 9.17) is 9.15 Å². The third-order valence-electron chi connectivity index (χ3n) is 4.58. The SMILES string of the molecule is COC(=O)c1c(C)oc(C)c1S(=O)(=O)Nc1ccc(S(=O)(=O)N2CCOCC2)cc1. The molecular formula is C18H22N2O8S2. The molecule has 0 atom stereocenters. The largest absolute Gasteiger partial charge is 0.465 e. The molecular weight excluding hydrogens is 436 g/mol. The van der Waals surface area contributed by atoms with Crippen molar-refractivity contribution in [1.29, 1.82) is 0 Å². The number of benzene rings is 1. The first-order valence-electron chi connectivity index (χ1n) is 8.97. The second kappa shape index (κ2) is 8.38. The number of carbonyl (C=O) groups excluding carboxylic acids is 1. The second-order valence-corrected chi connectivity index (χ2v) is 10.1. The van der Waals surface area contributed by atoms with Gasteiger partial charge in [0.05, 0.1) is 25.2 Å². The number of nitrogens with one attached hydrogen (secondary N) is 1. The van der Waals surface area contributed by atoms with E-state index in [1.54, 1.807) is 0 Å². The van der Waals surface area contributed by atoms with E-state index in [1.807, 2.05) is 0 Å². The summed E-state index contributed by atoms with van der Waals surface area (Å²) < 4.78 is 69.9. The summed E-state index contributed by atoms with van der Waals surface area (Å²) in [6, 6.07) is 5.31. The van der Waals surface area contributed by atoms with E-state index in [9.17, 15) is 21.6 Å². The summed E-state index contributed by atoms with van der Waals surface area (Å²) in [5.41, 5.74) is -0.0565. The van der Waals surface area contributed by atoms with Gasteiger partial charge in [-0.1, -0.05) is 0 Å². The fourth-order valence-electron chi connectivity index (χ4n) is 3.16. The maximum Gasteiger partial charge on any atom is 0.342 e. The van der Waals surface area contributed by atoms with Crippen LogP contribution < -0.4 is 4.72 Å². The van der Waals surface area contributed by atoms with Gasteiger partial charge in [0.2, 0.25) is 10.0 Å². The first-order valence-corrected chi connectivity index (χ1v) is 11.9. The van der Waals surface area contributed by atoms with Gasteiger partial charge >= 0.3 is 5.97 Å². The summed E-state index contributed by atoms with van der Waals surface area (Å²) in [7, 11) is -6.76. The van der Waals surface area contributed by atoms with Crippen LogP contribution in [0.3, 0.4) is 0 Å². The van der Waals surface area contributed by atoms with Crippen molar-refractivity contribution < 1.29 is 35.5 Å². The molecule has 0 spiro atoms. The number of carbonyl (C=O) groups is 1. The number of rotatable bonds is 6. The Morgan fingerprint density at radius 2 is 1.63 bits per heavy atom. The summed E-state index contributed by atoms with van der Waals surface area (Å²) in [6.45, 7) is 4.04. The lowest BCUT2D eigenvalue weighted by Crippen LogP contribution is -2.40. The Bertz CT molecular complexity index is 1150. The average molecular weight is 459 g/mol. The molecule has 10 nitrogen and oxygen atoms in total. The van der Waals surface area contributed by atoms with Gasteiger partial charge in [-0.2, -0.15) is 4.31 Å². The summed E-state index contributed by atoms with van der Waals surface area (Å²) in [5, 5.41) is 0. The van der Waals surface area contributed by atoms with E-state index in [1.165, 1.54) is 42.4 Å². The highest BCUT2D eigenvalue weighted by molar-refractivity contribution is 7.92. The number of nitrogens with zero attached hydrogens (tertiary/aromatic N) is 1. The van der Waals surface area contributed by atoms with Crippen LogP contribution in [0.25, 0.3) is 0 Å². The lowest BCUT2D eigenvalue weighted by Gasteiger charge is -2.26. The third-order valence-corrected chi connectivity index (χ3v) is 8.02. The van der Waals surface area contributed by atoms with Crippen LogP contribution in [-0.2, 0) is 29.5 Å². The van der Waals surface area contributed by atoms with Gasteiger partial charge in [0.1, 0.15) is 22.0 Å². The van der Waals surface area contributed by atoms with Gasteiger partial charge in [0.15, 0.2) is 0 Å². The summed E-state index contributed by atoms with van der Waals surface area (Å²) in [6.07, 6.45) is 0. The number of esters is 1. The van der Waals surface area contributed by atoms with Crippen LogP contribution in [0, 0.1) is 13.8 Å². The first kappa shape index (κ1) is 22.3. The monoisotopic (exact) mass is 458 g/mol. The van der Waals surface area contributed by atoms with Crippen LogP contribution in [0.2, 0.25) is 0 Å². The van der Waals surface area contributed by atoms with E-state index in [0.717, 1.165) is 7.11 Å². The zero-order chi connectivity index (χ0) is 22.1. The molecule has 0 bridgehead atoms. The van der Waals surface area contributed by atoms with E-state index >= 15 is 0 Å². The fourth-order valence-corrected chi connectivity index (χ4v) is 6.03. The molecule has 1 aromatic heterocycles. The van der Waals surface area contributed by atoms with Crippen molar-refractivity contribution in [1.82, 2.24) is 4.31 Å². The Labute approximate surface area is 174 Å². The predicted octanol–water partition coefficient (Wildman–Crippen LogP) is 1.50. The maximum absolute atomic E-state index is 12.9. The van der Waals surface area contributed by atoms with Crippen molar-refractivity contribution in [2.45, 2.75) is 23.6 Å². The Balaban J connectivity index is 1.88. The average Bonchev–Trinajstić information content (AvgIpc) is 3.03. The molecule has 0 saturated carbocycles. The van der Waals surface area contributed by atoms with Crippen molar-refractivity contribution >= 4 is 31.7 Å². The number of hydrogen-bond acceptors (Lipinski definition) is 8. The highest BCUT2D eigenvalue weighted by Crippen LogP contribution is 2.29. The van der Waals surface area contributed by atoms with Crippen molar-refractivity contribution in [3.05, 3.63) is 41.3 Å². The number of sulfonamides is 2. The van der Waals surface area contributed by atoms with Gasteiger partial charge in [-0.05, 0) is 38.1 Å². The van der Waals surface area contributed by atoms with Crippen LogP contribution >= 0.6 is 0 Å². The summed E-state index contributed by atoms with van der Waals surface area (Å²) >= 11 is 0. The maximum atomic E-state index is 12.9. The molecule has 1 saturated heterocycles. The van der Waals surface area contributed by atoms with Crippen molar-refractivity contribution in [2.75, 3.05) is 38.1 Å². The number of aryl methyl sites for hydroxylation is 2. The lowest BCUT2D eigenvalue weighted by atomic mass is 10.2. The Kier molecular flexibility index (Phi) is 6.22. The van der Waals surface area contributed by atoms with Gasteiger partial charge in [-0.15, -0.1) is 0 Å². The zero-order valence-electron chi connectivity index (χ0n) is 16.7. The number of morpholine rings is 1. The predicted molar refractivity (Wildman–Crippen MR) is 106 cm³/mol. The molecule has 164 valence electrons. The third kappa shape index (κ3) is 4.21. The molecule has 30 heavy (non-hydrogen) atoms. The van der Waals surface area contributed by atoms with Gasteiger partial charge in [0.25, 0.3) is 10.0 Å². The number of furan rings is 1. The Hall–Kier alpha value is -2.41. The first-order chi connectivity index (χ1) is 14.1. The number of methoxy groups -OCH3 is 1. The molecule has 1 aromatic carbocycles. The van der Waals surface area contributed by atoms with Crippen LogP contribution in [0.15, 0.2) is 38.5 Å². The number of ether oxygens (including phenoxy) is 2. The zero-order valence-corrected chi connectivity index (χ0v) is 18.3. The highest BCUT2D eigenvalue weighted by Gasteiger charge is 2.32. The molecule has 0 radical (unpaired) electrons. The molecule has 1 aliphatic rings. The number of anilines is 1. The van der Waals surface area contributed by atoms with Crippen LogP contribution in [0.1, 0.15) is 21.9 Å². The van der Waals surface area contributed by atoms with E-state index in [2.05, 4.69) is 9.46 Å². The van der Waals surface area contributed by atoms with Gasteiger partial charge in [-0.25, -0.2) is 21.6 Å². The molecule has 3 rings (SSSR count). The minimum atomic E-state index is -4.20. The van der Waals surface area contributed by atoms with E-state index in [-0.39, 0.29) is 45.7 Å². The Morgan fingerprint density at radius 3 is 2.20 bits per heavy atom. The van der Waals surface area contributed by atoms with E-state index < -0.39 is 26.0 Å². The molecule has 1 N–H and O–H groups in total. The van der Waals surface area contributed by atoms with Crippen molar-refractivity contribution in [3.63, 3.8) is 0 Å².